The van der Waals surface area contributed by atoms with Crippen molar-refractivity contribution in [1.29, 1.82) is 0 Å². The molecule has 154 valence electrons. The molecular weight excluding hydrogens is 367 g/mol. The Kier molecular flexibility index (Phi) is 5.52. The predicted molar refractivity (Wildman–Crippen MR) is 112 cm³/mol. The Morgan fingerprint density at radius 1 is 1.14 bits per heavy atom. The van der Waals surface area contributed by atoms with Gasteiger partial charge in [0.1, 0.15) is 17.5 Å². The number of benzene rings is 1. The van der Waals surface area contributed by atoms with E-state index in [4.69, 9.17) is 9.97 Å². The van der Waals surface area contributed by atoms with Gasteiger partial charge in [-0.05, 0) is 31.4 Å². The zero-order valence-electron chi connectivity index (χ0n) is 17.5. The molecule has 29 heavy (non-hydrogen) atoms. The van der Waals surface area contributed by atoms with Crippen LogP contribution >= 0.6 is 0 Å². The smallest absolute Gasteiger partial charge is 0.225 e. The van der Waals surface area contributed by atoms with E-state index in [1.807, 2.05) is 24.0 Å². The number of aromatic nitrogens is 2. The zero-order valence-corrected chi connectivity index (χ0v) is 17.5. The predicted octanol–water partition coefficient (Wildman–Crippen LogP) is 3.70. The molecule has 2 aliphatic rings. The second-order valence-corrected chi connectivity index (χ2v) is 8.48. The monoisotopic (exact) mass is 396 g/mol. The zero-order chi connectivity index (χ0) is 20.5. The number of amides is 1. The van der Waals surface area contributed by atoms with Crippen LogP contribution in [0.2, 0.25) is 0 Å². The van der Waals surface area contributed by atoms with E-state index >= 15 is 0 Å². The van der Waals surface area contributed by atoms with Crippen molar-refractivity contribution < 1.29 is 9.18 Å². The highest BCUT2D eigenvalue weighted by Gasteiger charge is 2.35. The Balaban J connectivity index is 1.62. The minimum Gasteiger partial charge on any atom is -0.353 e. The number of rotatable bonds is 5. The molecule has 2 fully saturated rings. The second kappa shape index (κ2) is 8.09. The van der Waals surface area contributed by atoms with Gasteiger partial charge in [-0.25, -0.2) is 14.4 Å². The summed E-state index contributed by atoms with van der Waals surface area (Å²) in [5, 5.41) is 0. The molecule has 0 spiro atoms. The first-order valence-electron chi connectivity index (χ1n) is 10.6. The van der Waals surface area contributed by atoms with Gasteiger partial charge in [-0.2, -0.15) is 0 Å². The summed E-state index contributed by atoms with van der Waals surface area (Å²) in [6.45, 7) is 9.08. The topological polar surface area (TPSA) is 49.3 Å². The molecular formula is C23H29FN4O. The van der Waals surface area contributed by atoms with Crippen molar-refractivity contribution in [1.82, 2.24) is 14.9 Å². The van der Waals surface area contributed by atoms with Crippen molar-refractivity contribution in [3.63, 3.8) is 0 Å². The van der Waals surface area contributed by atoms with Gasteiger partial charge < -0.3 is 9.80 Å². The van der Waals surface area contributed by atoms with E-state index in [0.717, 1.165) is 48.8 Å². The Morgan fingerprint density at radius 2 is 1.83 bits per heavy atom. The third-order valence-electron chi connectivity index (χ3n) is 5.87. The third-order valence-corrected chi connectivity index (χ3v) is 5.87. The van der Waals surface area contributed by atoms with Crippen LogP contribution in [0.25, 0.3) is 0 Å². The molecule has 1 aliphatic heterocycles. The average Bonchev–Trinajstić information content (AvgIpc) is 3.55. The maximum atomic E-state index is 14.3. The number of carbonyl (C=O) groups excluding carboxylic acids is 1. The van der Waals surface area contributed by atoms with Gasteiger partial charge in [-0.3, -0.25) is 4.79 Å². The van der Waals surface area contributed by atoms with Crippen molar-refractivity contribution in [3.8, 4) is 0 Å². The summed E-state index contributed by atoms with van der Waals surface area (Å²) < 4.78 is 14.3. The van der Waals surface area contributed by atoms with E-state index in [1.165, 1.54) is 6.07 Å². The second-order valence-electron chi connectivity index (χ2n) is 8.48. The molecule has 2 heterocycles. The molecule has 1 saturated carbocycles. The molecule has 0 radical (unpaired) electrons. The molecule has 5 nitrogen and oxygen atoms in total. The highest BCUT2D eigenvalue weighted by atomic mass is 19.1. The minimum absolute atomic E-state index is 0.203. The van der Waals surface area contributed by atoms with E-state index in [2.05, 4.69) is 18.7 Å². The van der Waals surface area contributed by atoms with Crippen LogP contribution in [0.5, 0.6) is 0 Å². The van der Waals surface area contributed by atoms with Crippen molar-refractivity contribution in [2.75, 3.05) is 31.1 Å². The van der Waals surface area contributed by atoms with Gasteiger partial charge in [0.05, 0.1) is 0 Å². The normalized spacial score (nSPS) is 17.1. The summed E-state index contributed by atoms with van der Waals surface area (Å²) >= 11 is 0. The lowest BCUT2D eigenvalue weighted by molar-refractivity contribution is -0.132. The van der Waals surface area contributed by atoms with Crippen LogP contribution in [-0.2, 0) is 11.2 Å². The fraction of sp³-hybridized carbons (Fsp3) is 0.522. The van der Waals surface area contributed by atoms with Gasteiger partial charge in [0.25, 0.3) is 0 Å². The average molecular weight is 397 g/mol. The number of aryl methyl sites for hydroxylation is 1. The standard InChI is InChI=1S/C23H29FN4O/c1-15(2)21-25-16(3)19(14-18-6-4-5-7-20(18)24)22(26-21)27-10-12-28(13-11-27)23(29)17-8-9-17/h4-7,15,17H,8-14H2,1-3H3. The van der Waals surface area contributed by atoms with Crippen LogP contribution in [0.15, 0.2) is 24.3 Å². The molecule has 1 aromatic heterocycles. The Bertz CT molecular complexity index is 902. The molecule has 6 heteroatoms. The summed E-state index contributed by atoms with van der Waals surface area (Å²) in [5.74, 6) is 2.28. The number of hydrogen-bond donors (Lipinski definition) is 0. The quantitative estimate of drug-likeness (QED) is 0.773. The number of nitrogens with zero attached hydrogens (tertiary/aromatic N) is 4. The Labute approximate surface area is 172 Å². The minimum atomic E-state index is -0.203. The van der Waals surface area contributed by atoms with Crippen LogP contribution in [0, 0.1) is 18.7 Å². The first-order valence-corrected chi connectivity index (χ1v) is 10.6. The molecule has 1 amide bonds. The SMILES string of the molecule is Cc1nc(C(C)C)nc(N2CCN(C(=O)C3CC3)CC2)c1Cc1ccccc1F. The summed E-state index contributed by atoms with van der Waals surface area (Å²) in [6.07, 6.45) is 2.54. The molecule has 0 unspecified atom stereocenters. The van der Waals surface area contributed by atoms with Gasteiger partial charge >= 0.3 is 0 Å². The maximum absolute atomic E-state index is 14.3. The lowest BCUT2D eigenvalue weighted by atomic mass is 10.0. The molecule has 1 aromatic carbocycles. The van der Waals surface area contributed by atoms with E-state index < -0.39 is 0 Å². The van der Waals surface area contributed by atoms with Gasteiger partial charge in [-0.1, -0.05) is 32.0 Å². The van der Waals surface area contributed by atoms with Crippen LogP contribution < -0.4 is 4.90 Å². The van der Waals surface area contributed by atoms with Gasteiger partial charge in [-0.15, -0.1) is 0 Å². The summed E-state index contributed by atoms with van der Waals surface area (Å²) in [6, 6.07) is 6.89. The number of piperazine rings is 1. The van der Waals surface area contributed by atoms with Gasteiger partial charge in [0.15, 0.2) is 0 Å². The largest absolute Gasteiger partial charge is 0.353 e. The number of hydrogen-bond acceptors (Lipinski definition) is 4. The van der Waals surface area contributed by atoms with E-state index in [0.29, 0.717) is 31.0 Å². The number of carbonyl (C=O) groups is 1. The van der Waals surface area contributed by atoms with Crippen LogP contribution in [0.3, 0.4) is 0 Å². The van der Waals surface area contributed by atoms with Gasteiger partial charge in [0.2, 0.25) is 5.91 Å². The molecule has 1 saturated heterocycles. The fourth-order valence-corrected chi connectivity index (χ4v) is 3.89. The van der Waals surface area contributed by atoms with Crippen molar-refractivity contribution in [2.45, 2.75) is 46.0 Å². The van der Waals surface area contributed by atoms with Crippen LogP contribution in [-0.4, -0.2) is 47.0 Å². The number of anilines is 1. The Morgan fingerprint density at radius 3 is 2.45 bits per heavy atom. The van der Waals surface area contributed by atoms with E-state index in [1.54, 1.807) is 6.07 Å². The lowest BCUT2D eigenvalue weighted by Crippen LogP contribution is -2.49. The highest BCUT2D eigenvalue weighted by molar-refractivity contribution is 5.81. The van der Waals surface area contributed by atoms with Crippen molar-refractivity contribution >= 4 is 11.7 Å². The third kappa shape index (κ3) is 4.26. The number of halogens is 1. The van der Waals surface area contributed by atoms with Crippen molar-refractivity contribution in [3.05, 3.63) is 52.7 Å². The highest BCUT2D eigenvalue weighted by Crippen LogP contribution is 2.32. The molecule has 1 aliphatic carbocycles. The molecule has 4 rings (SSSR count). The molecule has 2 aromatic rings. The van der Waals surface area contributed by atoms with Crippen LogP contribution in [0.1, 0.15) is 55.3 Å². The van der Waals surface area contributed by atoms with E-state index in [-0.39, 0.29) is 17.7 Å². The summed E-state index contributed by atoms with van der Waals surface area (Å²) in [5.41, 5.74) is 2.53. The molecule has 0 N–H and O–H groups in total. The molecule has 0 atom stereocenters. The fourth-order valence-electron chi connectivity index (χ4n) is 3.89. The summed E-state index contributed by atoms with van der Waals surface area (Å²) in [7, 11) is 0. The maximum Gasteiger partial charge on any atom is 0.225 e. The molecule has 0 bridgehead atoms. The first-order chi connectivity index (χ1) is 13.9. The summed E-state index contributed by atoms with van der Waals surface area (Å²) in [4.78, 5) is 26.2. The van der Waals surface area contributed by atoms with Gasteiger partial charge in [0, 0.05) is 55.7 Å². The van der Waals surface area contributed by atoms with Crippen molar-refractivity contribution in [2.24, 2.45) is 5.92 Å². The lowest BCUT2D eigenvalue weighted by Gasteiger charge is -2.37. The van der Waals surface area contributed by atoms with E-state index in [9.17, 15) is 9.18 Å². The van der Waals surface area contributed by atoms with Crippen LogP contribution in [0.4, 0.5) is 10.2 Å². The first kappa shape index (κ1) is 19.8. The Hall–Kier alpha value is -2.50.